The number of pyridine rings is 1. The summed E-state index contributed by atoms with van der Waals surface area (Å²) in [6.45, 7) is 2.74. The molecule has 2 N–H and O–H groups in total. The Hall–Kier alpha value is -2.63. The fourth-order valence-corrected chi connectivity index (χ4v) is 2.47. The summed E-state index contributed by atoms with van der Waals surface area (Å²) in [5, 5.41) is 12.6. The lowest BCUT2D eigenvalue weighted by Gasteiger charge is -2.18. The molecular weight excluding hydrogens is 306 g/mol. The highest BCUT2D eigenvalue weighted by molar-refractivity contribution is 5.78. The molecule has 6 nitrogen and oxygen atoms in total. The maximum atomic E-state index is 12.1. The average molecular weight is 329 g/mol. The number of carbonyl (C=O) groups excluding carboxylic acids is 1. The molecule has 0 saturated carbocycles. The van der Waals surface area contributed by atoms with Crippen LogP contribution in [-0.4, -0.2) is 40.6 Å². The van der Waals surface area contributed by atoms with Crippen molar-refractivity contribution in [2.75, 3.05) is 13.6 Å². The number of carboxylic acid groups (broad SMARTS) is 1. The zero-order valence-electron chi connectivity index (χ0n) is 14.0. The molecule has 128 valence electrons. The minimum atomic E-state index is -0.812. The number of rotatable bonds is 7. The zero-order valence-corrected chi connectivity index (χ0v) is 14.0. The highest BCUT2D eigenvalue weighted by Gasteiger charge is 2.12. The number of aromatic nitrogens is 1. The van der Waals surface area contributed by atoms with E-state index in [1.807, 2.05) is 43.3 Å². The van der Waals surface area contributed by atoms with E-state index in [0.29, 0.717) is 19.5 Å². The minimum Gasteiger partial charge on any atom is -0.481 e. The van der Waals surface area contributed by atoms with Crippen LogP contribution in [0.5, 0.6) is 0 Å². The summed E-state index contributed by atoms with van der Waals surface area (Å²) in [6.07, 6.45) is 0.757. The van der Waals surface area contributed by atoms with E-state index in [1.165, 1.54) is 0 Å². The van der Waals surface area contributed by atoms with Crippen molar-refractivity contribution < 1.29 is 14.7 Å². The fraction of sp³-hybridized carbons (Fsp3) is 0.389. The van der Waals surface area contributed by atoms with Gasteiger partial charge in [-0.3, -0.25) is 9.78 Å². The van der Waals surface area contributed by atoms with Crippen LogP contribution in [0.4, 0.5) is 4.79 Å². The molecule has 1 aromatic carbocycles. The summed E-state index contributed by atoms with van der Waals surface area (Å²) in [7, 11) is 1.72. The second-order valence-electron chi connectivity index (χ2n) is 6.07. The molecule has 0 fully saturated rings. The summed E-state index contributed by atoms with van der Waals surface area (Å²) < 4.78 is 0. The summed E-state index contributed by atoms with van der Waals surface area (Å²) in [5.74, 6) is -0.774. The monoisotopic (exact) mass is 329 g/mol. The third-order valence-corrected chi connectivity index (χ3v) is 3.84. The van der Waals surface area contributed by atoms with Crippen LogP contribution in [0.3, 0.4) is 0 Å². The standard InChI is InChI=1S/C18H23N3O3/c1-13(11-17(22)23)9-10-19-18(24)21(2)12-15-8-7-14-5-3-4-6-16(14)20-15/h3-8,13H,9-12H2,1-2H3,(H,19,24)(H,22,23)/t13-/m0/s1. The van der Waals surface area contributed by atoms with Gasteiger partial charge in [0, 0.05) is 25.4 Å². The number of nitrogens with zero attached hydrogens (tertiary/aromatic N) is 2. The van der Waals surface area contributed by atoms with Gasteiger partial charge in [0.15, 0.2) is 0 Å². The molecular formula is C18H23N3O3. The first-order valence-corrected chi connectivity index (χ1v) is 8.01. The van der Waals surface area contributed by atoms with Crippen LogP contribution in [-0.2, 0) is 11.3 Å². The number of aliphatic carboxylic acids is 1. The van der Waals surface area contributed by atoms with Crippen molar-refractivity contribution in [1.82, 2.24) is 15.2 Å². The van der Waals surface area contributed by atoms with Gasteiger partial charge in [-0.15, -0.1) is 0 Å². The lowest BCUT2D eigenvalue weighted by molar-refractivity contribution is -0.138. The van der Waals surface area contributed by atoms with Crippen molar-refractivity contribution in [2.24, 2.45) is 5.92 Å². The molecule has 2 aromatic rings. The molecule has 6 heteroatoms. The predicted molar refractivity (Wildman–Crippen MR) is 92.6 cm³/mol. The van der Waals surface area contributed by atoms with Gasteiger partial charge >= 0.3 is 12.0 Å². The first-order valence-electron chi connectivity index (χ1n) is 8.01. The Morgan fingerprint density at radius 1 is 1.25 bits per heavy atom. The van der Waals surface area contributed by atoms with Gasteiger partial charge in [0.2, 0.25) is 0 Å². The number of hydrogen-bond acceptors (Lipinski definition) is 3. The number of fused-ring (bicyclic) bond motifs is 1. The lowest BCUT2D eigenvalue weighted by atomic mass is 10.0. The Morgan fingerprint density at radius 2 is 2.00 bits per heavy atom. The van der Waals surface area contributed by atoms with Crippen LogP contribution < -0.4 is 5.32 Å². The quantitative estimate of drug-likeness (QED) is 0.818. The van der Waals surface area contributed by atoms with Crippen LogP contribution in [0.1, 0.15) is 25.5 Å². The number of carboxylic acids is 1. The lowest BCUT2D eigenvalue weighted by Crippen LogP contribution is -2.37. The van der Waals surface area contributed by atoms with Crippen molar-refractivity contribution in [3.05, 3.63) is 42.1 Å². The van der Waals surface area contributed by atoms with Gasteiger partial charge in [0.1, 0.15) is 0 Å². The molecule has 0 radical (unpaired) electrons. The van der Waals surface area contributed by atoms with Crippen LogP contribution in [0, 0.1) is 5.92 Å². The minimum absolute atomic E-state index is 0.0373. The molecule has 0 spiro atoms. The molecule has 2 amide bonds. The number of hydrogen-bond donors (Lipinski definition) is 2. The normalized spacial score (nSPS) is 11.9. The Balaban J connectivity index is 1.83. The van der Waals surface area contributed by atoms with Crippen molar-refractivity contribution >= 4 is 22.9 Å². The van der Waals surface area contributed by atoms with Crippen molar-refractivity contribution in [2.45, 2.75) is 26.3 Å². The highest BCUT2D eigenvalue weighted by atomic mass is 16.4. The summed E-state index contributed by atoms with van der Waals surface area (Å²) >= 11 is 0. The van der Waals surface area contributed by atoms with E-state index in [9.17, 15) is 9.59 Å². The summed E-state index contributed by atoms with van der Waals surface area (Å²) in [6, 6.07) is 11.6. The Kier molecular flexibility index (Phi) is 6.12. The van der Waals surface area contributed by atoms with E-state index in [0.717, 1.165) is 16.6 Å². The molecule has 0 aliphatic heterocycles. The van der Waals surface area contributed by atoms with Crippen molar-refractivity contribution in [1.29, 1.82) is 0 Å². The van der Waals surface area contributed by atoms with Crippen molar-refractivity contribution in [3.8, 4) is 0 Å². The highest BCUT2D eigenvalue weighted by Crippen LogP contribution is 2.12. The van der Waals surface area contributed by atoms with Gasteiger partial charge in [-0.1, -0.05) is 31.2 Å². The van der Waals surface area contributed by atoms with Gasteiger partial charge in [0.25, 0.3) is 0 Å². The van der Waals surface area contributed by atoms with E-state index in [1.54, 1.807) is 11.9 Å². The Morgan fingerprint density at radius 3 is 2.75 bits per heavy atom. The maximum absolute atomic E-state index is 12.1. The van der Waals surface area contributed by atoms with Gasteiger partial charge in [-0.2, -0.15) is 0 Å². The van der Waals surface area contributed by atoms with Crippen LogP contribution in [0.15, 0.2) is 36.4 Å². The second-order valence-corrected chi connectivity index (χ2v) is 6.07. The van der Waals surface area contributed by atoms with Crippen molar-refractivity contribution in [3.63, 3.8) is 0 Å². The van der Waals surface area contributed by atoms with E-state index in [2.05, 4.69) is 10.3 Å². The number of benzene rings is 1. The zero-order chi connectivity index (χ0) is 17.5. The first kappa shape index (κ1) is 17.7. The largest absolute Gasteiger partial charge is 0.481 e. The smallest absolute Gasteiger partial charge is 0.317 e. The predicted octanol–water partition coefficient (Wildman–Crippen LogP) is 2.88. The topological polar surface area (TPSA) is 82.5 Å². The maximum Gasteiger partial charge on any atom is 0.317 e. The average Bonchev–Trinajstić information content (AvgIpc) is 2.53. The first-order chi connectivity index (χ1) is 11.5. The number of urea groups is 1. The van der Waals surface area contributed by atoms with Gasteiger partial charge in [0.05, 0.1) is 17.8 Å². The SMILES string of the molecule is C[C@@H](CCNC(=O)N(C)Cc1ccc2ccccc2n1)CC(=O)O. The van der Waals surface area contributed by atoms with Crippen LogP contribution >= 0.6 is 0 Å². The van der Waals surface area contributed by atoms with Crippen LogP contribution in [0.2, 0.25) is 0 Å². The van der Waals surface area contributed by atoms with E-state index in [4.69, 9.17) is 5.11 Å². The molecule has 1 heterocycles. The summed E-state index contributed by atoms with van der Waals surface area (Å²) in [4.78, 5) is 28.8. The van der Waals surface area contributed by atoms with E-state index < -0.39 is 5.97 Å². The Bertz CT molecular complexity index is 717. The molecule has 2 rings (SSSR count). The fourth-order valence-electron chi connectivity index (χ4n) is 2.47. The van der Waals surface area contributed by atoms with Gasteiger partial charge in [-0.25, -0.2) is 4.79 Å². The van der Waals surface area contributed by atoms with E-state index in [-0.39, 0.29) is 18.4 Å². The third kappa shape index (κ3) is 5.22. The van der Waals surface area contributed by atoms with Crippen LogP contribution in [0.25, 0.3) is 10.9 Å². The molecule has 0 aliphatic carbocycles. The molecule has 1 aromatic heterocycles. The van der Waals surface area contributed by atoms with E-state index >= 15 is 0 Å². The molecule has 0 saturated heterocycles. The molecule has 0 bridgehead atoms. The molecule has 24 heavy (non-hydrogen) atoms. The molecule has 0 aliphatic rings. The number of nitrogens with one attached hydrogen (secondary N) is 1. The van der Waals surface area contributed by atoms with Gasteiger partial charge < -0.3 is 15.3 Å². The molecule has 0 unspecified atom stereocenters. The second kappa shape index (κ2) is 8.29. The third-order valence-electron chi connectivity index (χ3n) is 3.84. The number of carbonyl (C=O) groups is 2. The number of amides is 2. The number of para-hydroxylation sites is 1. The summed E-state index contributed by atoms with van der Waals surface area (Å²) in [5.41, 5.74) is 1.73. The van der Waals surface area contributed by atoms with Gasteiger partial charge in [-0.05, 0) is 24.5 Å². The molecule has 1 atom stereocenters. The Labute approximate surface area is 141 Å².